The second-order valence-corrected chi connectivity index (χ2v) is 3.78. The molecule has 0 radical (unpaired) electrons. The molecule has 1 heterocycles. The number of nitrogens with one attached hydrogen (secondary N) is 1. The molecule has 0 unspecified atom stereocenters. The van der Waals surface area contributed by atoms with Crippen LogP contribution in [0.15, 0.2) is 30.9 Å². The predicted octanol–water partition coefficient (Wildman–Crippen LogP) is 2.27. The third kappa shape index (κ3) is 2.45. The van der Waals surface area contributed by atoms with Gasteiger partial charge < -0.3 is 5.32 Å². The van der Waals surface area contributed by atoms with E-state index < -0.39 is 0 Å². The minimum atomic E-state index is -0.0753. The highest BCUT2D eigenvalue weighted by atomic mass is 35.5. The Kier molecular flexibility index (Phi) is 3.39. The van der Waals surface area contributed by atoms with Crippen LogP contribution in [0.2, 0.25) is 5.02 Å². The zero-order valence-electron chi connectivity index (χ0n) is 9.22. The number of halogens is 1. The Hall–Kier alpha value is -1.88. The molecule has 1 N–H and O–H groups in total. The molecule has 0 atom stereocenters. The molecule has 0 fully saturated rings. The molecule has 0 aliphatic heterocycles. The van der Waals surface area contributed by atoms with Crippen LogP contribution in [0.4, 0.5) is 5.69 Å². The van der Waals surface area contributed by atoms with Crippen molar-refractivity contribution in [2.45, 2.75) is 13.3 Å². The average molecular weight is 251 g/mol. The van der Waals surface area contributed by atoms with Crippen molar-refractivity contribution in [1.82, 2.24) is 14.8 Å². The van der Waals surface area contributed by atoms with Gasteiger partial charge in [0, 0.05) is 6.42 Å². The molecule has 0 saturated heterocycles. The van der Waals surface area contributed by atoms with E-state index in [2.05, 4.69) is 15.4 Å². The topological polar surface area (TPSA) is 59.8 Å². The lowest BCUT2D eigenvalue weighted by atomic mass is 10.2. The molecule has 2 rings (SSSR count). The minimum absolute atomic E-state index is 0.0753. The van der Waals surface area contributed by atoms with Crippen molar-refractivity contribution in [1.29, 1.82) is 0 Å². The van der Waals surface area contributed by atoms with E-state index in [4.69, 9.17) is 11.6 Å². The van der Waals surface area contributed by atoms with Gasteiger partial charge in [-0.05, 0) is 12.1 Å². The minimum Gasteiger partial charge on any atom is -0.324 e. The van der Waals surface area contributed by atoms with Gasteiger partial charge in [-0.1, -0.05) is 24.6 Å². The summed E-state index contributed by atoms with van der Waals surface area (Å²) in [6.07, 6.45) is 3.35. The molecule has 6 heteroatoms. The summed E-state index contributed by atoms with van der Waals surface area (Å²) in [5.41, 5.74) is 1.24. The molecule has 1 aromatic carbocycles. The predicted molar refractivity (Wildman–Crippen MR) is 65.3 cm³/mol. The number of nitrogens with zero attached hydrogens (tertiary/aromatic N) is 3. The van der Waals surface area contributed by atoms with E-state index in [0.717, 1.165) is 0 Å². The van der Waals surface area contributed by atoms with Crippen LogP contribution < -0.4 is 5.32 Å². The lowest BCUT2D eigenvalue weighted by molar-refractivity contribution is -0.115. The molecule has 0 aliphatic carbocycles. The van der Waals surface area contributed by atoms with E-state index in [1.807, 2.05) is 0 Å². The number of benzene rings is 1. The monoisotopic (exact) mass is 250 g/mol. The number of anilines is 1. The van der Waals surface area contributed by atoms with Crippen LogP contribution in [0, 0.1) is 0 Å². The molecule has 0 aliphatic rings. The van der Waals surface area contributed by atoms with Gasteiger partial charge in [0.05, 0.1) is 10.7 Å². The summed E-state index contributed by atoms with van der Waals surface area (Å²) in [6.45, 7) is 1.79. The number of carbonyl (C=O) groups excluding carboxylic acids is 1. The highest BCUT2D eigenvalue weighted by molar-refractivity contribution is 6.33. The van der Waals surface area contributed by atoms with Gasteiger partial charge in [-0.15, -0.1) is 0 Å². The van der Waals surface area contributed by atoms with Gasteiger partial charge in [0.25, 0.3) is 0 Å². The fourth-order valence-electron chi connectivity index (χ4n) is 1.41. The molecular formula is C11H11ClN4O. The van der Waals surface area contributed by atoms with Crippen molar-refractivity contribution in [3.63, 3.8) is 0 Å². The third-order valence-corrected chi connectivity index (χ3v) is 2.53. The Morgan fingerprint density at radius 3 is 3.00 bits per heavy atom. The molecule has 1 amide bonds. The number of hydrogen-bond donors (Lipinski definition) is 1. The van der Waals surface area contributed by atoms with Crippen molar-refractivity contribution in [3.05, 3.63) is 35.9 Å². The van der Waals surface area contributed by atoms with E-state index >= 15 is 0 Å². The maximum absolute atomic E-state index is 11.4. The van der Waals surface area contributed by atoms with E-state index in [9.17, 15) is 4.79 Å². The van der Waals surface area contributed by atoms with E-state index in [-0.39, 0.29) is 5.91 Å². The molecule has 17 heavy (non-hydrogen) atoms. The maximum Gasteiger partial charge on any atom is 0.224 e. The number of aromatic nitrogens is 3. The van der Waals surface area contributed by atoms with Crippen LogP contribution in [0.1, 0.15) is 13.3 Å². The maximum atomic E-state index is 11.4. The van der Waals surface area contributed by atoms with Crippen LogP contribution in [0.5, 0.6) is 0 Å². The normalized spacial score (nSPS) is 10.2. The van der Waals surface area contributed by atoms with Crippen molar-refractivity contribution in [2.75, 3.05) is 5.32 Å². The zero-order valence-corrected chi connectivity index (χ0v) is 9.98. The quantitative estimate of drug-likeness (QED) is 0.909. The fraction of sp³-hybridized carbons (Fsp3) is 0.182. The van der Waals surface area contributed by atoms with Gasteiger partial charge in [-0.2, -0.15) is 5.10 Å². The summed E-state index contributed by atoms with van der Waals surface area (Å²) in [5.74, 6) is -0.0753. The van der Waals surface area contributed by atoms with Gasteiger partial charge in [0.15, 0.2) is 0 Å². The molecule has 2 aromatic rings. The summed E-state index contributed by atoms with van der Waals surface area (Å²) >= 11 is 6.11. The summed E-state index contributed by atoms with van der Waals surface area (Å²) in [5, 5.41) is 7.29. The lowest BCUT2D eigenvalue weighted by Crippen LogP contribution is -2.12. The van der Waals surface area contributed by atoms with Gasteiger partial charge >= 0.3 is 0 Å². The second-order valence-electron chi connectivity index (χ2n) is 3.38. The van der Waals surface area contributed by atoms with Crippen LogP contribution in [-0.4, -0.2) is 20.7 Å². The number of para-hydroxylation sites is 1. The first-order valence-electron chi connectivity index (χ1n) is 5.15. The van der Waals surface area contributed by atoms with Crippen LogP contribution in [0.3, 0.4) is 0 Å². The first kappa shape index (κ1) is 11.6. The Morgan fingerprint density at radius 1 is 1.53 bits per heavy atom. The van der Waals surface area contributed by atoms with Crippen LogP contribution in [0.25, 0.3) is 5.69 Å². The Balaban J connectivity index is 2.45. The second kappa shape index (κ2) is 4.97. The zero-order chi connectivity index (χ0) is 12.3. The van der Waals surface area contributed by atoms with Crippen LogP contribution in [-0.2, 0) is 4.79 Å². The van der Waals surface area contributed by atoms with Gasteiger partial charge in [0.1, 0.15) is 18.3 Å². The fourth-order valence-corrected chi connectivity index (χ4v) is 1.67. The summed E-state index contributed by atoms with van der Waals surface area (Å²) in [4.78, 5) is 15.3. The first-order chi connectivity index (χ1) is 8.22. The number of rotatable bonds is 3. The van der Waals surface area contributed by atoms with Gasteiger partial charge in [-0.3, -0.25) is 4.79 Å². The number of amides is 1. The number of hydrogen-bond acceptors (Lipinski definition) is 3. The Morgan fingerprint density at radius 2 is 2.35 bits per heavy atom. The van der Waals surface area contributed by atoms with E-state index in [0.29, 0.717) is 22.8 Å². The molecule has 88 valence electrons. The molecule has 0 bridgehead atoms. The standard InChI is InChI=1S/C11H11ClN4O/c1-2-10(17)15-9-5-3-4-8(12)11(9)16-7-13-6-14-16/h3-7H,2H2,1H3,(H,15,17). The van der Waals surface area contributed by atoms with Crippen molar-refractivity contribution >= 4 is 23.2 Å². The van der Waals surface area contributed by atoms with Gasteiger partial charge in [-0.25, -0.2) is 9.67 Å². The van der Waals surface area contributed by atoms with E-state index in [1.54, 1.807) is 25.1 Å². The SMILES string of the molecule is CCC(=O)Nc1cccc(Cl)c1-n1cncn1. The molecule has 0 spiro atoms. The molecule has 0 saturated carbocycles. The Bertz CT molecular complexity index is 524. The lowest BCUT2D eigenvalue weighted by Gasteiger charge is -2.11. The average Bonchev–Trinajstić information content (AvgIpc) is 2.82. The highest BCUT2D eigenvalue weighted by Gasteiger charge is 2.11. The Labute approximate surface area is 103 Å². The van der Waals surface area contributed by atoms with Crippen molar-refractivity contribution in [2.24, 2.45) is 0 Å². The summed E-state index contributed by atoms with van der Waals surface area (Å²) in [6, 6.07) is 5.28. The summed E-state index contributed by atoms with van der Waals surface area (Å²) in [7, 11) is 0. The smallest absolute Gasteiger partial charge is 0.224 e. The molecule has 5 nitrogen and oxygen atoms in total. The van der Waals surface area contributed by atoms with E-state index in [1.165, 1.54) is 17.3 Å². The third-order valence-electron chi connectivity index (χ3n) is 2.23. The van der Waals surface area contributed by atoms with Crippen molar-refractivity contribution in [3.8, 4) is 5.69 Å². The molecular weight excluding hydrogens is 240 g/mol. The van der Waals surface area contributed by atoms with Crippen LogP contribution >= 0.6 is 11.6 Å². The number of carbonyl (C=O) groups is 1. The van der Waals surface area contributed by atoms with Gasteiger partial charge in [0.2, 0.25) is 5.91 Å². The van der Waals surface area contributed by atoms with Crippen molar-refractivity contribution < 1.29 is 4.79 Å². The first-order valence-corrected chi connectivity index (χ1v) is 5.53. The summed E-state index contributed by atoms with van der Waals surface area (Å²) < 4.78 is 1.52. The largest absolute Gasteiger partial charge is 0.324 e. The highest BCUT2D eigenvalue weighted by Crippen LogP contribution is 2.27. The molecule has 1 aromatic heterocycles.